The van der Waals surface area contributed by atoms with Gasteiger partial charge in [0.05, 0.1) is 0 Å². The summed E-state index contributed by atoms with van der Waals surface area (Å²) < 4.78 is 0. The zero-order valence-corrected chi connectivity index (χ0v) is 17.5. The minimum atomic E-state index is -1.63. The molecule has 7 nitrogen and oxygen atoms in total. The summed E-state index contributed by atoms with van der Waals surface area (Å²) in [6, 6.07) is 12.0. The molecule has 0 aromatic heterocycles. The minimum Gasteiger partial charge on any atom is -0.480 e. The summed E-state index contributed by atoms with van der Waals surface area (Å²) >= 11 is 0. The lowest BCUT2D eigenvalue weighted by atomic mass is 9.53. The highest BCUT2D eigenvalue weighted by molar-refractivity contribution is 5.77. The number of aliphatic hydroxyl groups is 4. The van der Waals surface area contributed by atoms with E-state index in [4.69, 9.17) is 5.73 Å². The second-order valence-corrected chi connectivity index (χ2v) is 8.15. The Morgan fingerprint density at radius 2 is 1.27 bits per heavy atom. The van der Waals surface area contributed by atoms with Crippen molar-refractivity contribution in [1.82, 2.24) is 0 Å². The van der Waals surface area contributed by atoms with Crippen LogP contribution in [0.25, 0.3) is 0 Å². The molecule has 0 spiro atoms. The number of carboxylic acids is 1. The first-order chi connectivity index (χ1) is 14.0. The number of hydrogen-bond donors (Lipinski definition) is 6. The molecule has 0 amide bonds. The molecule has 7 heteroatoms. The Morgan fingerprint density at radius 3 is 1.60 bits per heavy atom. The predicted octanol–water partition coefficient (Wildman–Crippen LogP) is 2.08. The lowest BCUT2D eigenvalue weighted by Crippen LogP contribution is -2.60. The molecule has 2 aromatic rings. The van der Waals surface area contributed by atoms with E-state index in [1.54, 1.807) is 48.5 Å². The largest absolute Gasteiger partial charge is 0.480 e. The Labute approximate surface area is 176 Å². The summed E-state index contributed by atoms with van der Waals surface area (Å²) in [6.07, 6.45) is -2.08. The van der Waals surface area contributed by atoms with Crippen LogP contribution in [0, 0.1) is 0 Å². The normalized spacial score (nSPS) is 15.3. The second-order valence-electron chi connectivity index (χ2n) is 8.15. The summed E-state index contributed by atoms with van der Waals surface area (Å²) in [5.74, 6) is -1.13. The molecule has 2 aromatic carbocycles. The van der Waals surface area contributed by atoms with Crippen LogP contribution >= 0.6 is 0 Å². The molecule has 0 radical (unpaired) electrons. The third kappa shape index (κ3) is 4.26. The van der Waals surface area contributed by atoms with Crippen molar-refractivity contribution < 1.29 is 30.3 Å². The SMILES string of the molecule is CCC[C@@](c1ccc(C(O)O)cc1)([C@H](N)C(=O)O)C(C)(C)c1ccc(C(O)O)cc1. The van der Waals surface area contributed by atoms with E-state index < -0.39 is 35.4 Å². The van der Waals surface area contributed by atoms with E-state index in [9.17, 15) is 30.3 Å². The van der Waals surface area contributed by atoms with Crippen molar-refractivity contribution in [1.29, 1.82) is 0 Å². The molecule has 0 aliphatic rings. The van der Waals surface area contributed by atoms with Crippen LogP contribution in [0.4, 0.5) is 0 Å². The van der Waals surface area contributed by atoms with Gasteiger partial charge in [0.2, 0.25) is 0 Å². The van der Waals surface area contributed by atoms with Crippen molar-refractivity contribution in [3.05, 3.63) is 70.8 Å². The molecule has 0 bridgehead atoms. The van der Waals surface area contributed by atoms with E-state index in [2.05, 4.69) is 0 Å². The number of benzene rings is 2. The van der Waals surface area contributed by atoms with Crippen molar-refractivity contribution in [3.8, 4) is 0 Å². The molecule has 0 aliphatic heterocycles. The molecule has 2 atom stereocenters. The number of aliphatic hydroxyl groups excluding tert-OH is 2. The van der Waals surface area contributed by atoms with E-state index >= 15 is 0 Å². The van der Waals surface area contributed by atoms with Gasteiger partial charge < -0.3 is 31.3 Å². The van der Waals surface area contributed by atoms with Crippen molar-refractivity contribution in [2.45, 2.75) is 63.1 Å². The summed E-state index contributed by atoms with van der Waals surface area (Å²) in [5, 5.41) is 47.5. The lowest BCUT2D eigenvalue weighted by molar-refractivity contribution is -0.141. The highest BCUT2D eigenvalue weighted by Gasteiger charge is 2.53. The van der Waals surface area contributed by atoms with Crippen molar-refractivity contribution in [3.63, 3.8) is 0 Å². The predicted molar refractivity (Wildman–Crippen MR) is 112 cm³/mol. The Kier molecular flexibility index (Phi) is 7.39. The first-order valence-corrected chi connectivity index (χ1v) is 9.90. The van der Waals surface area contributed by atoms with Gasteiger partial charge in [0.15, 0.2) is 12.6 Å². The second kappa shape index (κ2) is 9.24. The van der Waals surface area contributed by atoms with Crippen molar-refractivity contribution in [2.24, 2.45) is 5.73 Å². The van der Waals surface area contributed by atoms with Crippen LogP contribution in [-0.4, -0.2) is 37.5 Å². The zero-order chi connectivity index (χ0) is 22.7. The number of aliphatic carboxylic acids is 1. The van der Waals surface area contributed by atoms with Gasteiger partial charge in [-0.15, -0.1) is 0 Å². The number of carbonyl (C=O) groups is 1. The fourth-order valence-electron chi connectivity index (χ4n) is 4.43. The highest BCUT2D eigenvalue weighted by Crippen LogP contribution is 2.49. The fourth-order valence-corrected chi connectivity index (χ4v) is 4.43. The lowest BCUT2D eigenvalue weighted by Gasteiger charge is -2.50. The van der Waals surface area contributed by atoms with E-state index in [0.29, 0.717) is 29.5 Å². The Balaban J connectivity index is 2.73. The van der Waals surface area contributed by atoms with Crippen LogP contribution in [-0.2, 0) is 15.6 Å². The number of nitrogens with two attached hydrogens (primary N) is 1. The summed E-state index contributed by atoms with van der Waals surface area (Å²) in [7, 11) is 0. The van der Waals surface area contributed by atoms with Crippen molar-refractivity contribution >= 4 is 5.97 Å². The minimum absolute atomic E-state index is 0.298. The fraction of sp³-hybridized carbons (Fsp3) is 0.435. The smallest absolute Gasteiger partial charge is 0.321 e. The molecule has 0 saturated heterocycles. The van der Waals surface area contributed by atoms with E-state index in [0.717, 1.165) is 5.56 Å². The molecular weight excluding hydrogens is 386 g/mol. The van der Waals surface area contributed by atoms with Gasteiger partial charge in [-0.2, -0.15) is 0 Å². The summed E-state index contributed by atoms with van der Waals surface area (Å²) in [6.45, 7) is 5.80. The quantitative estimate of drug-likeness (QED) is 0.343. The summed E-state index contributed by atoms with van der Waals surface area (Å²) in [4.78, 5) is 12.1. The topological polar surface area (TPSA) is 144 Å². The van der Waals surface area contributed by atoms with Crippen LogP contribution in [0.15, 0.2) is 48.5 Å². The summed E-state index contributed by atoms with van der Waals surface area (Å²) in [5.41, 5.74) is 6.65. The molecular formula is C23H31NO6. The maximum atomic E-state index is 12.1. The van der Waals surface area contributed by atoms with Gasteiger partial charge in [-0.25, -0.2) is 0 Å². The van der Waals surface area contributed by atoms with Gasteiger partial charge in [-0.3, -0.25) is 4.79 Å². The van der Waals surface area contributed by atoms with E-state index in [-0.39, 0.29) is 0 Å². The maximum absolute atomic E-state index is 12.1. The number of rotatable bonds is 9. The Morgan fingerprint density at radius 1 is 0.867 bits per heavy atom. The maximum Gasteiger partial charge on any atom is 0.321 e. The van der Waals surface area contributed by atoms with Gasteiger partial charge in [-0.05, 0) is 17.5 Å². The molecule has 164 valence electrons. The molecule has 0 unspecified atom stereocenters. The standard InChI is InChI=1S/C23H31NO6/c1-4-13-23(18(24)21(29)30,17-11-7-15(8-12-17)20(27)28)22(2,3)16-9-5-14(6-10-16)19(25)26/h5-12,18-20,25-28H,4,13,24H2,1-3H3,(H,29,30)/t18-,23-/m1/s1. The van der Waals surface area contributed by atoms with Crippen LogP contribution in [0.5, 0.6) is 0 Å². The van der Waals surface area contributed by atoms with E-state index in [1.165, 1.54) is 0 Å². The third-order valence-corrected chi connectivity index (χ3v) is 6.21. The van der Waals surface area contributed by atoms with Crippen LogP contribution < -0.4 is 5.73 Å². The number of hydrogen-bond acceptors (Lipinski definition) is 6. The van der Waals surface area contributed by atoms with Crippen LogP contribution in [0.1, 0.15) is 68.4 Å². The van der Waals surface area contributed by atoms with Gasteiger partial charge >= 0.3 is 5.97 Å². The van der Waals surface area contributed by atoms with Gasteiger partial charge in [0.25, 0.3) is 0 Å². The highest BCUT2D eigenvalue weighted by atomic mass is 16.5. The Bertz CT molecular complexity index is 845. The monoisotopic (exact) mass is 417 g/mol. The van der Waals surface area contributed by atoms with Crippen LogP contribution in [0.2, 0.25) is 0 Å². The molecule has 30 heavy (non-hydrogen) atoms. The molecule has 0 fully saturated rings. The molecule has 2 rings (SSSR count). The van der Waals surface area contributed by atoms with Gasteiger partial charge in [0, 0.05) is 22.0 Å². The first kappa shape index (κ1) is 24.0. The van der Waals surface area contributed by atoms with Gasteiger partial charge in [-0.1, -0.05) is 75.7 Å². The molecule has 0 saturated carbocycles. The van der Waals surface area contributed by atoms with Crippen LogP contribution in [0.3, 0.4) is 0 Å². The van der Waals surface area contributed by atoms with Gasteiger partial charge in [0.1, 0.15) is 6.04 Å². The van der Waals surface area contributed by atoms with E-state index in [1.807, 2.05) is 20.8 Å². The molecule has 7 N–H and O–H groups in total. The first-order valence-electron chi connectivity index (χ1n) is 9.90. The van der Waals surface area contributed by atoms with Crippen molar-refractivity contribution in [2.75, 3.05) is 0 Å². The Hall–Kier alpha value is -2.29. The number of carboxylic acid groups (broad SMARTS) is 1. The third-order valence-electron chi connectivity index (χ3n) is 6.21. The average molecular weight is 418 g/mol. The zero-order valence-electron chi connectivity index (χ0n) is 17.5. The molecule has 0 aliphatic carbocycles. The molecule has 0 heterocycles. The average Bonchev–Trinajstić information content (AvgIpc) is 2.71.